The van der Waals surface area contributed by atoms with E-state index in [0.29, 0.717) is 6.04 Å². The van der Waals surface area contributed by atoms with Crippen LogP contribution in [0.25, 0.3) is 11.3 Å². The number of ether oxygens (including phenoxy) is 1. The molecule has 0 saturated carbocycles. The highest BCUT2D eigenvalue weighted by molar-refractivity contribution is 5.62. The molecule has 27 heavy (non-hydrogen) atoms. The zero-order valence-corrected chi connectivity index (χ0v) is 15.7. The number of hydrogen-bond acceptors (Lipinski definition) is 4. The van der Waals surface area contributed by atoms with Crippen LogP contribution < -0.4 is 15.4 Å². The summed E-state index contributed by atoms with van der Waals surface area (Å²) in [7, 11) is 1.69. The maximum atomic E-state index is 5.28. The van der Waals surface area contributed by atoms with Crippen LogP contribution in [0.1, 0.15) is 24.4 Å². The van der Waals surface area contributed by atoms with Gasteiger partial charge in [-0.1, -0.05) is 24.3 Å². The Balaban J connectivity index is 1.39. The van der Waals surface area contributed by atoms with Crippen molar-refractivity contribution in [2.45, 2.75) is 25.4 Å². The van der Waals surface area contributed by atoms with E-state index in [1.54, 1.807) is 7.11 Å². The van der Waals surface area contributed by atoms with Gasteiger partial charge in [-0.3, -0.25) is 4.68 Å². The predicted molar refractivity (Wildman–Crippen MR) is 109 cm³/mol. The van der Waals surface area contributed by atoms with Crippen LogP contribution in [0.5, 0.6) is 5.75 Å². The van der Waals surface area contributed by atoms with Gasteiger partial charge in [-0.05, 0) is 61.8 Å². The van der Waals surface area contributed by atoms with E-state index < -0.39 is 0 Å². The first-order valence-corrected chi connectivity index (χ1v) is 9.55. The van der Waals surface area contributed by atoms with Crippen molar-refractivity contribution >= 4 is 5.69 Å². The molecule has 0 bridgehead atoms. The number of nitrogens with one attached hydrogen (secondary N) is 2. The summed E-state index contributed by atoms with van der Waals surface area (Å²) < 4.78 is 7.41. The number of nitrogens with zero attached hydrogens (tertiary/aromatic N) is 2. The van der Waals surface area contributed by atoms with E-state index in [2.05, 4.69) is 64.0 Å². The molecule has 5 nitrogen and oxygen atoms in total. The summed E-state index contributed by atoms with van der Waals surface area (Å²) >= 11 is 0. The van der Waals surface area contributed by atoms with E-state index >= 15 is 0 Å². The van der Waals surface area contributed by atoms with Gasteiger partial charge in [0.1, 0.15) is 5.75 Å². The second kappa shape index (κ2) is 8.27. The zero-order valence-electron chi connectivity index (χ0n) is 15.7. The minimum absolute atomic E-state index is 0.517. The Morgan fingerprint density at radius 3 is 2.70 bits per heavy atom. The van der Waals surface area contributed by atoms with Gasteiger partial charge in [0, 0.05) is 24.0 Å². The summed E-state index contributed by atoms with van der Waals surface area (Å²) in [6.07, 6.45) is 4.41. The molecule has 1 aliphatic rings. The molecule has 2 N–H and O–H groups in total. The van der Waals surface area contributed by atoms with E-state index in [9.17, 15) is 0 Å². The molecular formula is C22H26N4O. The third-order valence-electron chi connectivity index (χ3n) is 5.10. The highest BCUT2D eigenvalue weighted by atomic mass is 16.5. The Hall–Kier alpha value is -2.79. The molecule has 3 aromatic rings. The van der Waals surface area contributed by atoms with Gasteiger partial charge in [0.15, 0.2) is 0 Å². The molecule has 1 saturated heterocycles. The third-order valence-corrected chi connectivity index (χ3v) is 5.10. The van der Waals surface area contributed by atoms with Crippen molar-refractivity contribution in [1.29, 1.82) is 0 Å². The molecule has 4 rings (SSSR count). The largest absolute Gasteiger partial charge is 0.497 e. The van der Waals surface area contributed by atoms with Crippen LogP contribution in [0.15, 0.2) is 60.8 Å². The predicted octanol–water partition coefficient (Wildman–Crippen LogP) is 4.10. The number of methoxy groups -OCH3 is 1. The maximum Gasteiger partial charge on any atom is 0.119 e. The van der Waals surface area contributed by atoms with Gasteiger partial charge in [0.2, 0.25) is 0 Å². The fraction of sp³-hybridized carbons (Fsp3) is 0.318. The number of rotatable bonds is 6. The second-order valence-corrected chi connectivity index (χ2v) is 6.94. The van der Waals surface area contributed by atoms with Crippen LogP contribution >= 0.6 is 0 Å². The number of piperidine rings is 1. The lowest BCUT2D eigenvalue weighted by atomic mass is 10.1. The molecule has 0 spiro atoms. The summed E-state index contributed by atoms with van der Waals surface area (Å²) in [4.78, 5) is 0. The van der Waals surface area contributed by atoms with E-state index in [1.807, 2.05) is 12.1 Å². The second-order valence-electron chi connectivity index (χ2n) is 6.94. The number of aromatic nitrogens is 2. The monoisotopic (exact) mass is 362 g/mol. The molecule has 0 unspecified atom stereocenters. The van der Waals surface area contributed by atoms with Gasteiger partial charge in [0.05, 0.1) is 18.8 Å². The van der Waals surface area contributed by atoms with Gasteiger partial charge in [-0.2, -0.15) is 5.10 Å². The van der Waals surface area contributed by atoms with E-state index in [0.717, 1.165) is 55.2 Å². The van der Waals surface area contributed by atoms with Crippen LogP contribution in [-0.2, 0) is 6.54 Å². The maximum absolute atomic E-state index is 5.28. The lowest BCUT2D eigenvalue weighted by molar-refractivity contribution is 0.343. The van der Waals surface area contributed by atoms with Crippen molar-refractivity contribution < 1.29 is 4.74 Å². The highest BCUT2D eigenvalue weighted by Crippen LogP contribution is 2.24. The van der Waals surface area contributed by atoms with Crippen LogP contribution in [-0.4, -0.2) is 30.0 Å². The summed E-state index contributed by atoms with van der Waals surface area (Å²) in [5, 5.41) is 11.7. The summed E-state index contributed by atoms with van der Waals surface area (Å²) in [6.45, 7) is 2.92. The summed E-state index contributed by atoms with van der Waals surface area (Å²) in [5.74, 6) is 0.883. The number of anilines is 1. The molecule has 2 aromatic carbocycles. The summed E-state index contributed by atoms with van der Waals surface area (Å²) in [6, 6.07) is 19.2. The fourth-order valence-corrected chi connectivity index (χ4v) is 3.51. The Morgan fingerprint density at radius 2 is 1.93 bits per heavy atom. The Labute approximate surface area is 160 Å². The molecule has 0 atom stereocenters. The van der Waals surface area contributed by atoms with Gasteiger partial charge < -0.3 is 15.4 Å². The Bertz CT molecular complexity index is 866. The molecular weight excluding hydrogens is 336 g/mol. The smallest absolute Gasteiger partial charge is 0.119 e. The molecule has 140 valence electrons. The van der Waals surface area contributed by atoms with Crippen molar-refractivity contribution in [2.75, 3.05) is 25.5 Å². The van der Waals surface area contributed by atoms with Crippen molar-refractivity contribution in [2.24, 2.45) is 0 Å². The lowest BCUT2D eigenvalue weighted by Crippen LogP contribution is -2.29. The number of benzene rings is 2. The van der Waals surface area contributed by atoms with E-state index in [1.165, 1.54) is 5.56 Å². The average Bonchev–Trinajstić information content (AvgIpc) is 3.24. The Kier molecular flexibility index (Phi) is 5.39. The third kappa shape index (κ3) is 4.31. The summed E-state index contributed by atoms with van der Waals surface area (Å²) in [5.41, 5.74) is 4.47. The zero-order chi connectivity index (χ0) is 18.5. The average molecular weight is 362 g/mol. The number of hydrogen-bond donors (Lipinski definition) is 2. The molecule has 1 aliphatic heterocycles. The van der Waals surface area contributed by atoms with Gasteiger partial charge >= 0.3 is 0 Å². The highest BCUT2D eigenvalue weighted by Gasteiger charge is 2.15. The van der Waals surface area contributed by atoms with Crippen molar-refractivity contribution in [3.8, 4) is 17.0 Å². The molecule has 1 aromatic heterocycles. The fourth-order valence-electron chi connectivity index (χ4n) is 3.51. The first kappa shape index (κ1) is 17.6. The molecule has 0 radical (unpaired) electrons. The van der Waals surface area contributed by atoms with E-state index in [4.69, 9.17) is 9.84 Å². The van der Waals surface area contributed by atoms with Gasteiger partial charge in [-0.15, -0.1) is 0 Å². The minimum Gasteiger partial charge on any atom is -0.497 e. The van der Waals surface area contributed by atoms with Gasteiger partial charge in [-0.25, -0.2) is 0 Å². The van der Waals surface area contributed by atoms with Gasteiger partial charge in [0.25, 0.3) is 0 Å². The van der Waals surface area contributed by atoms with Crippen molar-refractivity contribution in [3.05, 3.63) is 66.4 Å². The lowest BCUT2D eigenvalue weighted by Gasteiger charge is -2.22. The van der Waals surface area contributed by atoms with E-state index in [-0.39, 0.29) is 0 Å². The first-order valence-electron chi connectivity index (χ1n) is 9.55. The normalized spacial score (nSPS) is 14.9. The SMILES string of the molecule is COc1cccc(CNc2ccc(-c3ccn(C4CCNCC4)n3)cc2)c1. The molecule has 5 heteroatoms. The molecule has 0 amide bonds. The minimum atomic E-state index is 0.517. The molecule has 1 fully saturated rings. The van der Waals surface area contributed by atoms with Crippen LogP contribution in [0.3, 0.4) is 0 Å². The molecule has 2 heterocycles. The van der Waals surface area contributed by atoms with Crippen LogP contribution in [0, 0.1) is 0 Å². The quantitative estimate of drug-likeness (QED) is 0.693. The van der Waals surface area contributed by atoms with Crippen molar-refractivity contribution in [1.82, 2.24) is 15.1 Å². The standard InChI is InChI=1S/C22H26N4O/c1-27-21-4-2-3-17(15-21)16-24-19-7-5-18(6-8-19)22-11-14-26(25-22)20-9-12-23-13-10-20/h2-8,11,14-15,20,23-24H,9-10,12-13,16H2,1H3. The Morgan fingerprint density at radius 1 is 1.11 bits per heavy atom. The van der Waals surface area contributed by atoms with Crippen LogP contribution in [0.4, 0.5) is 5.69 Å². The van der Waals surface area contributed by atoms with Crippen LogP contribution in [0.2, 0.25) is 0 Å². The first-order chi connectivity index (χ1) is 13.3. The topological polar surface area (TPSA) is 51.1 Å². The van der Waals surface area contributed by atoms with Crippen molar-refractivity contribution in [3.63, 3.8) is 0 Å². The molecule has 0 aliphatic carbocycles.